The average Bonchev–Trinajstić information content (AvgIpc) is 2.77. The fraction of sp³-hybridized carbons (Fsp3) is 0. The zero-order valence-corrected chi connectivity index (χ0v) is 15.5. The second-order valence-electron chi connectivity index (χ2n) is 5.98. The van der Waals surface area contributed by atoms with Gasteiger partial charge in [-0.05, 0) is 66.2 Å². The van der Waals surface area contributed by atoms with Crippen molar-refractivity contribution in [2.24, 2.45) is 5.10 Å². The standard InChI is InChI=1S/C22H16FN3O4/c23-17-8-10-18(11-9-17)25-20(27)21(28)26-24-14-15-6-12-19(13-7-15)30-22(29)16-4-2-1-3-5-16/h1-14H,(H,25,27)(H,26,28)/b24-14-. The summed E-state index contributed by atoms with van der Waals surface area (Å²) >= 11 is 0. The summed E-state index contributed by atoms with van der Waals surface area (Å²) in [5.74, 6) is -2.51. The van der Waals surface area contributed by atoms with Crippen LogP contribution in [0.5, 0.6) is 5.75 Å². The maximum absolute atomic E-state index is 12.8. The molecule has 0 aromatic heterocycles. The first-order chi connectivity index (χ1) is 14.5. The van der Waals surface area contributed by atoms with Crippen LogP contribution in [0.1, 0.15) is 15.9 Å². The molecule has 0 aliphatic heterocycles. The van der Waals surface area contributed by atoms with Crippen LogP contribution in [-0.2, 0) is 9.59 Å². The van der Waals surface area contributed by atoms with Crippen LogP contribution in [0, 0.1) is 5.82 Å². The number of hydrogen-bond acceptors (Lipinski definition) is 5. The number of benzene rings is 3. The van der Waals surface area contributed by atoms with Gasteiger partial charge in [0.05, 0.1) is 11.8 Å². The summed E-state index contributed by atoms with van der Waals surface area (Å²) in [6, 6.07) is 20.0. The molecule has 0 saturated heterocycles. The summed E-state index contributed by atoms with van der Waals surface area (Å²) in [7, 11) is 0. The first-order valence-electron chi connectivity index (χ1n) is 8.78. The minimum absolute atomic E-state index is 0.279. The summed E-state index contributed by atoms with van der Waals surface area (Å²) in [5.41, 5.74) is 3.41. The number of halogens is 1. The molecule has 3 aromatic carbocycles. The number of amides is 2. The Labute approximate surface area is 171 Å². The van der Waals surface area contributed by atoms with Crippen molar-refractivity contribution in [2.75, 3.05) is 5.32 Å². The number of carbonyl (C=O) groups is 3. The lowest BCUT2D eigenvalue weighted by Crippen LogP contribution is -2.32. The maximum Gasteiger partial charge on any atom is 0.343 e. The SMILES string of the molecule is O=C(N/N=C\c1ccc(OC(=O)c2ccccc2)cc1)C(=O)Nc1ccc(F)cc1. The predicted molar refractivity (Wildman–Crippen MR) is 109 cm³/mol. The summed E-state index contributed by atoms with van der Waals surface area (Å²) in [4.78, 5) is 35.5. The van der Waals surface area contributed by atoms with E-state index < -0.39 is 23.6 Å². The molecule has 2 amide bonds. The van der Waals surface area contributed by atoms with Crippen LogP contribution < -0.4 is 15.5 Å². The molecule has 0 unspecified atom stereocenters. The zero-order valence-electron chi connectivity index (χ0n) is 15.5. The van der Waals surface area contributed by atoms with Crippen LogP contribution in [0.25, 0.3) is 0 Å². The van der Waals surface area contributed by atoms with Crippen molar-refractivity contribution in [3.8, 4) is 5.75 Å². The van der Waals surface area contributed by atoms with Crippen molar-refractivity contribution in [3.63, 3.8) is 0 Å². The Hall–Kier alpha value is -4.33. The molecule has 7 nitrogen and oxygen atoms in total. The van der Waals surface area contributed by atoms with E-state index in [1.165, 1.54) is 18.3 Å². The molecule has 3 aromatic rings. The third-order valence-corrected chi connectivity index (χ3v) is 3.79. The van der Waals surface area contributed by atoms with Gasteiger partial charge >= 0.3 is 17.8 Å². The second-order valence-corrected chi connectivity index (χ2v) is 5.98. The number of rotatable bonds is 5. The highest BCUT2D eigenvalue weighted by atomic mass is 19.1. The highest BCUT2D eigenvalue weighted by Crippen LogP contribution is 2.13. The van der Waals surface area contributed by atoms with E-state index in [9.17, 15) is 18.8 Å². The molecule has 0 aliphatic carbocycles. The maximum atomic E-state index is 12.8. The van der Waals surface area contributed by atoms with Crippen molar-refractivity contribution in [1.82, 2.24) is 5.43 Å². The van der Waals surface area contributed by atoms with E-state index in [1.54, 1.807) is 54.6 Å². The third kappa shape index (κ3) is 5.83. The van der Waals surface area contributed by atoms with E-state index in [1.807, 2.05) is 0 Å². The quantitative estimate of drug-likeness (QED) is 0.224. The number of hydrazone groups is 1. The number of nitrogens with one attached hydrogen (secondary N) is 2. The van der Waals surface area contributed by atoms with Crippen molar-refractivity contribution in [1.29, 1.82) is 0 Å². The highest BCUT2D eigenvalue weighted by molar-refractivity contribution is 6.39. The molecule has 150 valence electrons. The van der Waals surface area contributed by atoms with Gasteiger partial charge in [0.15, 0.2) is 0 Å². The summed E-state index contributed by atoms with van der Waals surface area (Å²) < 4.78 is 18.1. The Morgan fingerprint density at radius 1 is 0.833 bits per heavy atom. The number of nitrogens with zero attached hydrogens (tertiary/aromatic N) is 1. The Morgan fingerprint density at radius 2 is 1.50 bits per heavy atom. The van der Waals surface area contributed by atoms with E-state index in [-0.39, 0.29) is 5.69 Å². The Bertz CT molecular complexity index is 1070. The van der Waals surface area contributed by atoms with Gasteiger partial charge in [-0.2, -0.15) is 5.10 Å². The molecule has 0 heterocycles. The van der Waals surface area contributed by atoms with Crippen LogP contribution in [0.3, 0.4) is 0 Å². The van der Waals surface area contributed by atoms with E-state index in [0.717, 1.165) is 12.1 Å². The number of anilines is 1. The van der Waals surface area contributed by atoms with Crippen LogP contribution in [0.15, 0.2) is 84.0 Å². The number of ether oxygens (including phenoxy) is 1. The van der Waals surface area contributed by atoms with E-state index in [2.05, 4.69) is 15.8 Å². The molecule has 0 radical (unpaired) electrons. The topological polar surface area (TPSA) is 96.9 Å². The van der Waals surface area contributed by atoms with Crippen molar-refractivity contribution >= 4 is 29.7 Å². The first-order valence-corrected chi connectivity index (χ1v) is 8.78. The number of esters is 1. The Kier molecular flexibility index (Phi) is 6.63. The fourth-order valence-electron chi connectivity index (χ4n) is 2.30. The minimum Gasteiger partial charge on any atom is -0.423 e. The van der Waals surface area contributed by atoms with Gasteiger partial charge in [-0.3, -0.25) is 9.59 Å². The third-order valence-electron chi connectivity index (χ3n) is 3.79. The average molecular weight is 405 g/mol. The molecule has 0 aliphatic rings. The van der Waals surface area contributed by atoms with Gasteiger partial charge < -0.3 is 10.1 Å². The molecule has 3 rings (SSSR count). The molecule has 0 bridgehead atoms. The Balaban J connectivity index is 1.49. The lowest BCUT2D eigenvalue weighted by molar-refractivity contribution is -0.136. The smallest absolute Gasteiger partial charge is 0.343 e. The zero-order chi connectivity index (χ0) is 21.3. The van der Waals surface area contributed by atoms with Gasteiger partial charge in [-0.15, -0.1) is 0 Å². The molecule has 0 spiro atoms. The largest absolute Gasteiger partial charge is 0.423 e. The van der Waals surface area contributed by atoms with Gasteiger partial charge in [0.25, 0.3) is 0 Å². The molecule has 0 fully saturated rings. The summed E-state index contributed by atoms with van der Waals surface area (Å²) in [6.45, 7) is 0. The molecular weight excluding hydrogens is 389 g/mol. The van der Waals surface area contributed by atoms with Crippen molar-refractivity contribution < 1.29 is 23.5 Å². The van der Waals surface area contributed by atoms with E-state index in [0.29, 0.717) is 16.9 Å². The van der Waals surface area contributed by atoms with Crippen LogP contribution >= 0.6 is 0 Å². The number of carbonyl (C=O) groups excluding carboxylic acids is 3. The molecule has 0 saturated carbocycles. The summed E-state index contributed by atoms with van der Waals surface area (Å²) in [5, 5.41) is 6.02. The number of hydrogen-bond donors (Lipinski definition) is 2. The fourth-order valence-corrected chi connectivity index (χ4v) is 2.30. The molecule has 8 heteroatoms. The van der Waals surface area contributed by atoms with Crippen molar-refractivity contribution in [3.05, 3.63) is 95.8 Å². The normalized spacial score (nSPS) is 10.4. The second kappa shape index (κ2) is 9.74. The predicted octanol–water partition coefficient (Wildman–Crippen LogP) is 3.13. The summed E-state index contributed by atoms with van der Waals surface area (Å²) in [6.07, 6.45) is 1.33. The monoisotopic (exact) mass is 405 g/mol. The van der Waals surface area contributed by atoms with Crippen molar-refractivity contribution in [2.45, 2.75) is 0 Å². The van der Waals surface area contributed by atoms with E-state index in [4.69, 9.17) is 4.74 Å². The molecule has 2 N–H and O–H groups in total. The molecule has 30 heavy (non-hydrogen) atoms. The highest BCUT2D eigenvalue weighted by Gasteiger charge is 2.12. The minimum atomic E-state index is -0.982. The van der Waals surface area contributed by atoms with Crippen LogP contribution in [-0.4, -0.2) is 24.0 Å². The van der Waals surface area contributed by atoms with Gasteiger partial charge in [0, 0.05) is 5.69 Å². The van der Waals surface area contributed by atoms with Crippen LogP contribution in [0.2, 0.25) is 0 Å². The van der Waals surface area contributed by atoms with Gasteiger partial charge in [-0.1, -0.05) is 18.2 Å². The first kappa shape index (κ1) is 20.4. The van der Waals surface area contributed by atoms with Gasteiger partial charge in [0.2, 0.25) is 0 Å². The van der Waals surface area contributed by atoms with Gasteiger partial charge in [0.1, 0.15) is 11.6 Å². The Morgan fingerprint density at radius 3 is 2.17 bits per heavy atom. The van der Waals surface area contributed by atoms with Gasteiger partial charge in [-0.25, -0.2) is 14.6 Å². The lowest BCUT2D eigenvalue weighted by atomic mass is 10.2. The lowest BCUT2D eigenvalue weighted by Gasteiger charge is -2.04. The van der Waals surface area contributed by atoms with Crippen LogP contribution in [0.4, 0.5) is 10.1 Å². The van der Waals surface area contributed by atoms with E-state index >= 15 is 0 Å². The molecular formula is C22H16FN3O4. The molecule has 0 atom stereocenters.